The number of nitrogens with zero attached hydrogens (tertiary/aromatic N) is 2. The van der Waals surface area contributed by atoms with Crippen molar-refractivity contribution in [3.8, 4) is 17.6 Å². The number of imide groups is 1. The number of methoxy groups -OCH3 is 1. The largest absolute Gasteiger partial charge is 0.493 e. The highest BCUT2D eigenvalue weighted by Crippen LogP contribution is 2.32. The molecule has 2 amide bonds. The van der Waals surface area contributed by atoms with Crippen LogP contribution in [-0.2, 0) is 16.2 Å². The molecule has 0 bridgehead atoms. The summed E-state index contributed by atoms with van der Waals surface area (Å²) in [6, 6.07) is 15.3. The number of benzene rings is 2. The van der Waals surface area contributed by atoms with Gasteiger partial charge < -0.3 is 9.47 Å². The van der Waals surface area contributed by atoms with E-state index in [9.17, 15) is 14.9 Å². The van der Waals surface area contributed by atoms with Gasteiger partial charge in [-0.15, -0.1) is 6.58 Å². The van der Waals surface area contributed by atoms with E-state index in [1.54, 1.807) is 38.3 Å². The van der Waals surface area contributed by atoms with Gasteiger partial charge in [-0.25, -0.2) is 0 Å². The third-order valence-corrected chi connectivity index (χ3v) is 5.15. The van der Waals surface area contributed by atoms with Gasteiger partial charge in [0.1, 0.15) is 18.2 Å². The Balaban J connectivity index is 1.91. The Bertz CT molecular complexity index is 1170. The van der Waals surface area contributed by atoms with Crippen molar-refractivity contribution < 1.29 is 19.1 Å². The summed E-state index contributed by atoms with van der Waals surface area (Å²) in [5.74, 6) is 0.00377. The van der Waals surface area contributed by atoms with E-state index in [1.807, 2.05) is 37.3 Å². The Morgan fingerprint density at radius 1 is 1.06 bits per heavy atom. The van der Waals surface area contributed by atoms with E-state index >= 15 is 0 Å². The Morgan fingerprint density at radius 3 is 2.41 bits per heavy atom. The number of nitriles is 1. The van der Waals surface area contributed by atoms with Gasteiger partial charge in [-0.05, 0) is 48.8 Å². The Kier molecular flexibility index (Phi) is 6.91. The summed E-state index contributed by atoms with van der Waals surface area (Å²) < 4.78 is 11.4. The van der Waals surface area contributed by atoms with Crippen LogP contribution in [0, 0.1) is 18.3 Å². The first-order valence-corrected chi connectivity index (χ1v) is 10.1. The van der Waals surface area contributed by atoms with Crippen LogP contribution in [0.1, 0.15) is 23.6 Å². The SMILES string of the molecule is C=CCN1C(=O)C(C#N)=C(C)/C(=C\c2ccc(OCc3ccc(C)cc3)c(OC)c2)C1=O. The van der Waals surface area contributed by atoms with Crippen LogP contribution < -0.4 is 9.47 Å². The molecule has 2 aromatic carbocycles. The van der Waals surface area contributed by atoms with Crippen LogP contribution in [0.2, 0.25) is 0 Å². The predicted molar refractivity (Wildman–Crippen MR) is 122 cm³/mol. The minimum absolute atomic E-state index is 0.0303. The average molecular weight is 428 g/mol. The van der Waals surface area contributed by atoms with Gasteiger partial charge in [0.15, 0.2) is 11.5 Å². The molecular formula is C26H24N2O4. The lowest BCUT2D eigenvalue weighted by atomic mass is 9.93. The van der Waals surface area contributed by atoms with Gasteiger partial charge in [-0.2, -0.15) is 5.26 Å². The highest BCUT2D eigenvalue weighted by molar-refractivity contribution is 6.19. The Labute approximate surface area is 187 Å². The molecule has 0 saturated heterocycles. The molecule has 0 aliphatic carbocycles. The zero-order valence-electron chi connectivity index (χ0n) is 18.3. The fourth-order valence-corrected chi connectivity index (χ4v) is 3.33. The maximum atomic E-state index is 12.9. The molecule has 0 fully saturated rings. The van der Waals surface area contributed by atoms with Crippen molar-refractivity contribution in [2.24, 2.45) is 0 Å². The molecule has 2 aromatic rings. The number of carbonyl (C=O) groups is 2. The van der Waals surface area contributed by atoms with Gasteiger partial charge in [0.25, 0.3) is 11.8 Å². The van der Waals surface area contributed by atoms with Crippen LogP contribution in [0.4, 0.5) is 0 Å². The standard InChI is InChI=1S/C26H24N2O4/c1-5-12-28-25(29)21(18(3)22(15-27)26(28)30)13-20-10-11-23(24(14-20)31-4)32-16-19-8-6-17(2)7-9-19/h5-11,13-14H,1,12,16H2,2-4H3/b21-13+. The molecule has 0 unspecified atom stereocenters. The van der Waals surface area contributed by atoms with E-state index in [0.29, 0.717) is 29.2 Å². The van der Waals surface area contributed by atoms with Crippen LogP contribution in [0.5, 0.6) is 11.5 Å². The second kappa shape index (κ2) is 9.80. The molecule has 0 aromatic heterocycles. The van der Waals surface area contributed by atoms with E-state index in [1.165, 1.54) is 11.6 Å². The van der Waals surface area contributed by atoms with Crippen molar-refractivity contribution in [2.45, 2.75) is 20.5 Å². The minimum Gasteiger partial charge on any atom is -0.493 e. The highest BCUT2D eigenvalue weighted by atomic mass is 16.5. The van der Waals surface area contributed by atoms with Crippen molar-refractivity contribution in [3.63, 3.8) is 0 Å². The number of ether oxygens (including phenoxy) is 2. The van der Waals surface area contributed by atoms with Crippen molar-refractivity contribution in [3.05, 3.63) is 88.5 Å². The zero-order chi connectivity index (χ0) is 23.3. The Hall–Kier alpha value is -4.11. The molecule has 3 rings (SSSR count). The Morgan fingerprint density at radius 2 is 1.78 bits per heavy atom. The van der Waals surface area contributed by atoms with Crippen molar-refractivity contribution in [1.29, 1.82) is 5.26 Å². The van der Waals surface area contributed by atoms with Crippen molar-refractivity contribution in [1.82, 2.24) is 4.90 Å². The second-order valence-electron chi connectivity index (χ2n) is 7.36. The third-order valence-electron chi connectivity index (χ3n) is 5.15. The number of hydrogen-bond donors (Lipinski definition) is 0. The summed E-state index contributed by atoms with van der Waals surface area (Å²) in [6.07, 6.45) is 3.09. The molecule has 0 atom stereocenters. The van der Waals surface area contributed by atoms with E-state index in [0.717, 1.165) is 10.5 Å². The van der Waals surface area contributed by atoms with Gasteiger partial charge in [-0.3, -0.25) is 14.5 Å². The molecule has 0 N–H and O–H groups in total. The molecule has 6 heteroatoms. The molecule has 162 valence electrons. The van der Waals surface area contributed by atoms with Crippen LogP contribution in [0.15, 0.2) is 71.8 Å². The summed E-state index contributed by atoms with van der Waals surface area (Å²) in [6.45, 7) is 7.63. The quantitative estimate of drug-likeness (QED) is 0.372. The molecular weight excluding hydrogens is 404 g/mol. The second-order valence-corrected chi connectivity index (χ2v) is 7.36. The summed E-state index contributed by atoms with van der Waals surface area (Å²) in [5.41, 5.74) is 3.46. The average Bonchev–Trinajstić information content (AvgIpc) is 2.80. The summed E-state index contributed by atoms with van der Waals surface area (Å²) in [4.78, 5) is 26.3. The molecule has 1 heterocycles. The normalized spacial score (nSPS) is 15.1. The van der Waals surface area contributed by atoms with Crippen LogP contribution >= 0.6 is 0 Å². The smallest absolute Gasteiger partial charge is 0.271 e. The van der Waals surface area contributed by atoms with Crippen LogP contribution in [0.3, 0.4) is 0 Å². The van der Waals surface area contributed by atoms with Gasteiger partial charge in [0.05, 0.1) is 7.11 Å². The maximum Gasteiger partial charge on any atom is 0.271 e. The lowest BCUT2D eigenvalue weighted by Crippen LogP contribution is -2.42. The van der Waals surface area contributed by atoms with Gasteiger partial charge >= 0.3 is 0 Å². The van der Waals surface area contributed by atoms with Crippen molar-refractivity contribution >= 4 is 17.9 Å². The van der Waals surface area contributed by atoms with Gasteiger partial charge in [0.2, 0.25) is 0 Å². The van der Waals surface area contributed by atoms with E-state index < -0.39 is 11.8 Å². The monoisotopic (exact) mass is 428 g/mol. The fraction of sp³-hybridized carbons (Fsp3) is 0.192. The molecule has 1 aliphatic rings. The first-order chi connectivity index (χ1) is 15.4. The lowest BCUT2D eigenvalue weighted by Gasteiger charge is -2.26. The van der Waals surface area contributed by atoms with Crippen LogP contribution in [-0.4, -0.2) is 30.4 Å². The third kappa shape index (κ3) is 4.62. The molecule has 1 aliphatic heterocycles. The molecule has 0 spiro atoms. The first-order valence-electron chi connectivity index (χ1n) is 10.1. The number of amides is 2. The topological polar surface area (TPSA) is 79.6 Å². The highest BCUT2D eigenvalue weighted by Gasteiger charge is 2.34. The maximum absolute atomic E-state index is 12.9. The molecule has 0 radical (unpaired) electrons. The lowest BCUT2D eigenvalue weighted by molar-refractivity contribution is -0.139. The van der Waals surface area contributed by atoms with E-state index in [4.69, 9.17) is 9.47 Å². The minimum atomic E-state index is -0.607. The number of rotatable bonds is 7. The van der Waals surface area contributed by atoms with Gasteiger partial charge in [0, 0.05) is 12.1 Å². The fourth-order valence-electron chi connectivity index (χ4n) is 3.33. The number of hydrogen-bond acceptors (Lipinski definition) is 5. The first kappa shape index (κ1) is 22.6. The predicted octanol–water partition coefficient (Wildman–Crippen LogP) is 4.36. The van der Waals surface area contributed by atoms with E-state index in [-0.39, 0.29) is 17.7 Å². The molecule has 32 heavy (non-hydrogen) atoms. The summed E-state index contributed by atoms with van der Waals surface area (Å²) >= 11 is 0. The number of aryl methyl sites for hydroxylation is 1. The zero-order valence-corrected chi connectivity index (χ0v) is 18.3. The summed E-state index contributed by atoms with van der Waals surface area (Å²) in [7, 11) is 1.54. The van der Waals surface area contributed by atoms with Crippen molar-refractivity contribution in [2.75, 3.05) is 13.7 Å². The van der Waals surface area contributed by atoms with Crippen LogP contribution in [0.25, 0.3) is 6.08 Å². The van der Waals surface area contributed by atoms with E-state index in [2.05, 4.69) is 6.58 Å². The molecule has 0 saturated carbocycles. The number of carbonyl (C=O) groups excluding carboxylic acids is 2. The molecule has 6 nitrogen and oxygen atoms in total. The van der Waals surface area contributed by atoms with Gasteiger partial charge in [-0.1, -0.05) is 42.0 Å². The summed E-state index contributed by atoms with van der Waals surface area (Å²) in [5, 5.41) is 9.42.